The van der Waals surface area contributed by atoms with Crippen molar-refractivity contribution in [1.82, 2.24) is 0 Å². The van der Waals surface area contributed by atoms with Gasteiger partial charge in [-0.2, -0.15) is 0 Å². The minimum atomic E-state index is -0.787. The third kappa shape index (κ3) is 3.60. The topological polar surface area (TPSA) is 115 Å². The number of fused-ring (bicyclic) bond motifs is 1. The molecule has 1 fully saturated rings. The average molecular weight is 461 g/mol. The van der Waals surface area contributed by atoms with Gasteiger partial charge in [-0.1, -0.05) is 24.3 Å². The molecule has 4 N–H and O–H groups in total. The van der Waals surface area contributed by atoms with Crippen LogP contribution in [0.5, 0.6) is 17.2 Å². The molecule has 1 saturated carbocycles. The van der Waals surface area contributed by atoms with Crippen molar-refractivity contribution in [3.05, 3.63) is 76.2 Å². The Morgan fingerprint density at radius 2 is 1.67 bits per heavy atom. The normalized spacial score (nSPS) is 17.2. The predicted molar refractivity (Wildman–Crippen MR) is 125 cm³/mol. The highest BCUT2D eigenvalue weighted by atomic mass is 32.1. The van der Waals surface area contributed by atoms with E-state index in [0.717, 1.165) is 27.3 Å². The summed E-state index contributed by atoms with van der Waals surface area (Å²) in [4.78, 5) is 25.2. The number of benzene rings is 3. The van der Waals surface area contributed by atoms with Crippen LogP contribution in [0.1, 0.15) is 38.7 Å². The quantitative estimate of drug-likeness (QED) is 0.296. The van der Waals surface area contributed by atoms with E-state index in [0.29, 0.717) is 22.4 Å². The molecule has 7 heteroatoms. The van der Waals surface area contributed by atoms with Crippen molar-refractivity contribution in [2.24, 2.45) is 5.92 Å². The zero-order valence-corrected chi connectivity index (χ0v) is 18.4. The SMILES string of the molecule is Cc1cc(O)cc(O)c1C(=O)c1sc2cc(O)ccc2c1-c1ccc(C2CC2C(=O)O)cc1. The number of carbonyl (C=O) groups is 2. The molecule has 6 nitrogen and oxygen atoms in total. The van der Waals surface area contributed by atoms with Crippen LogP contribution in [0.25, 0.3) is 21.2 Å². The van der Waals surface area contributed by atoms with Crippen molar-refractivity contribution in [2.45, 2.75) is 19.3 Å². The van der Waals surface area contributed by atoms with Crippen LogP contribution in [0.15, 0.2) is 54.6 Å². The fourth-order valence-electron chi connectivity index (χ4n) is 4.42. The molecular weight excluding hydrogens is 440 g/mol. The number of phenolic OH excluding ortho intramolecular Hbond substituents is 3. The summed E-state index contributed by atoms with van der Waals surface area (Å²) >= 11 is 1.22. The van der Waals surface area contributed by atoms with Crippen molar-refractivity contribution in [2.75, 3.05) is 0 Å². The van der Waals surface area contributed by atoms with E-state index in [2.05, 4.69) is 0 Å². The van der Waals surface area contributed by atoms with Crippen LogP contribution in [0.3, 0.4) is 0 Å². The molecule has 1 aliphatic carbocycles. The molecule has 2 atom stereocenters. The van der Waals surface area contributed by atoms with Crippen LogP contribution in [0.2, 0.25) is 0 Å². The minimum absolute atomic E-state index is 0.00501. The van der Waals surface area contributed by atoms with E-state index >= 15 is 0 Å². The van der Waals surface area contributed by atoms with Gasteiger partial charge in [0.25, 0.3) is 0 Å². The number of hydrogen-bond acceptors (Lipinski definition) is 6. The first kappa shape index (κ1) is 21.0. The fourth-order valence-corrected chi connectivity index (χ4v) is 5.63. The van der Waals surface area contributed by atoms with Gasteiger partial charge >= 0.3 is 5.97 Å². The Labute approximate surface area is 193 Å². The van der Waals surface area contributed by atoms with Gasteiger partial charge in [-0.15, -0.1) is 11.3 Å². The lowest BCUT2D eigenvalue weighted by atomic mass is 9.94. The second kappa shape index (κ2) is 7.64. The van der Waals surface area contributed by atoms with Crippen molar-refractivity contribution in [3.8, 4) is 28.4 Å². The maximum absolute atomic E-state index is 13.6. The molecule has 1 aromatic heterocycles. The number of aryl methyl sites for hydroxylation is 1. The summed E-state index contributed by atoms with van der Waals surface area (Å²) in [5, 5.41) is 40.1. The number of thiophene rings is 1. The van der Waals surface area contributed by atoms with Gasteiger partial charge in [-0.25, -0.2) is 0 Å². The second-order valence-corrected chi connectivity index (χ2v) is 9.43. The summed E-state index contributed by atoms with van der Waals surface area (Å²) in [7, 11) is 0. The van der Waals surface area contributed by atoms with Crippen LogP contribution < -0.4 is 0 Å². The van der Waals surface area contributed by atoms with E-state index in [9.17, 15) is 30.0 Å². The Kier molecular flexibility index (Phi) is 4.87. The number of ketones is 1. The van der Waals surface area contributed by atoms with Gasteiger partial charge < -0.3 is 20.4 Å². The summed E-state index contributed by atoms with van der Waals surface area (Å²) in [6.07, 6.45) is 0.623. The molecular formula is C26H20O6S. The number of aliphatic carboxylic acids is 1. The Morgan fingerprint density at radius 1 is 0.939 bits per heavy atom. The van der Waals surface area contributed by atoms with Crippen LogP contribution >= 0.6 is 11.3 Å². The molecule has 166 valence electrons. The zero-order chi connectivity index (χ0) is 23.4. The van der Waals surface area contributed by atoms with Gasteiger partial charge in [0.05, 0.1) is 16.4 Å². The number of aromatic hydroxyl groups is 3. The van der Waals surface area contributed by atoms with E-state index in [1.807, 2.05) is 24.3 Å². The van der Waals surface area contributed by atoms with Crippen molar-refractivity contribution >= 4 is 33.2 Å². The lowest BCUT2D eigenvalue weighted by Gasteiger charge is -2.10. The monoisotopic (exact) mass is 460 g/mol. The molecule has 4 aromatic rings. The number of carbonyl (C=O) groups excluding carboxylic acids is 1. The standard InChI is InChI=1S/C26H20O6S/c1-12-8-16(28)9-20(29)22(12)24(30)25-23(17-7-6-15(27)10-21(17)33-25)14-4-2-13(3-5-14)18-11-19(18)26(31)32/h2-10,18-19,27-29H,11H2,1H3,(H,31,32). The van der Waals surface area contributed by atoms with Gasteiger partial charge in [-0.05, 0) is 60.2 Å². The largest absolute Gasteiger partial charge is 0.508 e. The summed E-state index contributed by atoms with van der Waals surface area (Å²) in [5.41, 5.74) is 2.98. The second-order valence-electron chi connectivity index (χ2n) is 8.38. The molecule has 0 bridgehead atoms. The Hall–Kier alpha value is -3.84. The molecule has 33 heavy (non-hydrogen) atoms. The smallest absolute Gasteiger partial charge is 0.307 e. The minimum Gasteiger partial charge on any atom is -0.508 e. The summed E-state index contributed by atoms with van der Waals surface area (Å²) in [6.45, 7) is 1.65. The molecule has 0 radical (unpaired) electrons. The van der Waals surface area contributed by atoms with Crippen LogP contribution in [0.4, 0.5) is 0 Å². The molecule has 0 spiro atoms. The Balaban J connectivity index is 1.64. The van der Waals surface area contributed by atoms with Crippen LogP contribution in [-0.4, -0.2) is 32.2 Å². The van der Waals surface area contributed by atoms with Crippen LogP contribution in [-0.2, 0) is 4.79 Å². The average Bonchev–Trinajstić information content (AvgIpc) is 3.47. The lowest BCUT2D eigenvalue weighted by Crippen LogP contribution is -2.04. The number of rotatable bonds is 5. The number of phenols is 3. The van der Waals surface area contributed by atoms with E-state index in [4.69, 9.17) is 0 Å². The number of hydrogen-bond donors (Lipinski definition) is 4. The third-order valence-electron chi connectivity index (χ3n) is 6.14. The maximum atomic E-state index is 13.6. The lowest BCUT2D eigenvalue weighted by molar-refractivity contribution is -0.138. The molecule has 3 aromatic carbocycles. The summed E-state index contributed by atoms with van der Waals surface area (Å²) in [5.74, 6) is -1.85. The van der Waals surface area contributed by atoms with Gasteiger partial charge in [0, 0.05) is 21.7 Å². The molecule has 0 amide bonds. The van der Waals surface area contributed by atoms with E-state index < -0.39 is 5.97 Å². The predicted octanol–water partition coefficient (Wildman–Crippen LogP) is 5.41. The van der Waals surface area contributed by atoms with Crippen LogP contribution in [0, 0.1) is 12.8 Å². The highest BCUT2D eigenvalue weighted by molar-refractivity contribution is 7.21. The van der Waals surface area contributed by atoms with Gasteiger partial charge in [-0.3, -0.25) is 9.59 Å². The van der Waals surface area contributed by atoms with Crippen molar-refractivity contribution in [1.29, 1.82) is 0 Å². The van der Waals surface area contributed by atoms with E-state index in [-0.39, 0.29) is 40.4 Å². The molecule has 0 saturated heterocycles. The fraction of sp³-hybridized carbons (Fsp3) is 0.154. The molecule has 2 unspecified atom stereocenters. The van der Waals surface area contributed by atoms with Gasteiger partial charge in [0.1, 0.15) is 17.2 Å². The van der Waals surface area contributed by atoms with E-state index in [1.165, 1.54) is 17.4 Å². The Bertz CT molecular complexity index is 1410. The summed E-state index contributed by atoms with van der Waals surface area (Å²) < 4.78 is 0.724. The van der Waals surface area contributed by atoms with Gasteiger partial charge in [0.2, 0.25) is 5.78 Å². The molecule has 1 aliphatic rings. The highest BCUT2D eigenvalue weighted by Crippen LogP contribution is 2.48. The van der Waals surface area contributed by atoms with E-state index in [1.54, 1.807) is 25.1 Å². The number of carboxylic acids is 1. The first-order valence-electron chi connectivity index (χ1n) is 10.4. The van der Waals surface area contributed by atoms with Crippen molar-refractivity contribution < 1.29 is 30.0 Å². The number of carboxylic acid groups (broad SMARTS) is 1. The summed E-state index contributed by atoms with van der Waals surface area (Å²) in [6, 6.07) is 15.0. The first-order valence-corrected chi connectivity index (χ1v) is 11.2. The Morgan fingerprint density at radius 3 is 2.30 bits per heavy atom. The van der Waals surface area contributed by atoms with Gasteiger partial charge in [0.15, 0.2) is 0 Å². The van der Waals surface area contributed by atoms with Crippen molar-refractivity contribution in [3.63, 3.8) is 0 Å². The molecule has 1 heterocycles. The highest BCUT2D eigenvalue weighted by Gasteiger charge is 2.44. The maximum Gasteiger partial charge on any atom is 0.307 e. The third-order valence-corrected chi connectivity index (χ3v) is 7.29. The molecule has 5 rings (SSSR count). The first-order chi connectivity index (χ1) is 15.7. The zero-order valence-electron chi connectivity index (χ0n) is 17.6. The molecule has 0 aliphatic heterocycles.